The van der Waals surface area contributed by atoms with E-state index in [9.17, 15) is 14.7 Å². The fraction of sp³-hybridized carbons (Fsp3) is 0.500. The van der Waals surface area contributed by atoms with E-state index in [0.29, 0.717) is 18.9 Å². The third kappa shape index (κ3) is 3.88. The largest absolute Gasteiger partial charge is 0.388 e. The highest BCUT2D eigenvalue weighted by atomic mass is 16.5. The number of piperidine rings is 1. The van der Waals surface area contributed by atoms with Gasteiger partial charge in [-0.3, -0.25) is 9.59 Å². The summed E-state index contributed by atoms with van der Waals surface area (Å²) < 4.78 is 7.49. The highest BCUT2D eigenvalue weighted by molar-refractivity contribution is 5.86. The lowest BCUT2D eigenvalue weighted by Crippen LogP contribution is -2.54. The van der Waals surface area contributed by atoms with Crippen LogP contribution in [0.1, 0.15) is 42.0 Å². The molecule has 29 heavy (non-hydrogen) atoms. The minimum Gasteiger partial charge on any atom is -0.388 e. The molecule has 9 heteroatoms. The third-order valence-electron chi connectivity index (χ3n) is 5.73. The van der Waals surface area contributed by atoms with Crippen LogP contribution >= 0.6 is 0 Å². The predicted octanol–water partition coefficient (Wildman–Crippen LogP) is 0.270. The number of carbonyl (C=O) groups is 2. The molecule has 0 bridgehead atoms. The lowest BCUT2D eigenvalue weighted by atomic mass is 9.94. The van der Waals surface area contributed by atoms with Crippen molar-refractivity contribution >= 4 is 11.8 Å². The Hall–Kier alpha value is -2.78. The number of aliphatic hydroxyl groups excluding tert-OH is 1. The van der Waals surface area contributed by atoms with Gasteiger partial charge in [-0.25, -0.2) is 0 Å². The molecule has 2 aliphatic heterocycles. The Labute approximate surface area is 168 Å². The number of likely N-dealkylation sites (tertiary alicyclic amines) is 1. The molecule has 2 atom stereocenters. The van der Waals surface area contributed by atoms with E-state index in [4.69, 9.17) is 4.74 Å². The van der Waals surface area contributed by atoms with Gasteiger partial charge in [-0.1, -0.05) is 30.3 Å². The molecule has 1 aromatic heterocycles. The van der Waals surface area contributed by atoms with Crippen molar-refractivity contribution in [2.24, 2.45) is 7.05 Å². The van der Waals surface area contributed by atoms with E-state index in [1.165, 1.54) is 0 Å². The molecule has 1 aromatic carbocycles. The van der Waals surface area contributed by atoms with Crippen molar-refractivity contribution in [3.63, 3.8) is 0 Å². The number of amides is 2. The number of rotatable bonds is 4. The monoisotopic (exact) mass is 399 g/mol. The van der Waals surface area contributed by atoms with E-state index in [1.807, 2.05) is 41.9 Å². The highest BCUT2D eigenvalue weighted by Gasteiger charge is 2.39. The highest BCUT2D eigenvalue weighted by Crippen LogP contribution is 2.29. The molecule has 0 saturated carbocycles. The molecule has 0 aliphatic carbocycles. The number of morpholine rings is 1. The average molecular weight is 399 g/mol. The minimum absolute atomic E-state index is 0.105. The summed E-state index contributed by atoms with van der Waals surface area (Å²) in [6.07, 6.45) is 0.790. The molecule has 2 aliphatic rings. The Morgan fingerprint density at radius 2 is 1.97 bits per heavy atom. The van der Waals surface area contributed by atoms with Crippen LogP contribution in [0.15, 0.2) is 30.3 Å². The zero-order chi connectivity index (χ0) is 20.4. The van der Waals surface area contributed by atoms with Gasteiger partial charge in [-0.05, 0) is 18.4 Å². The van der Waals surface area contributed by atoms with Gasteiger partial charge >= 0.3 is 0 Å². The quantitative estimate of drug-likeness (QED) is 0.764. The molecular weight excluding hydrogens is 374 g/mol. The zero-order valence-electron chi connectivity index (χ0n) is 16.3. The maximum atomic E-state index is 13.2. The summed E-state index contributed by atoms with van der Waals surface area (Å²) in [4.78, 5) is 26.8. The topological polar surface area (TPSA) is 110 Å². The lowest BCUT2D eigenvalue weighted by Gasteiger charge is -2.38. The number of aromatic nitrogens is 3. The Morgan fingerprint density at radius 1 is 1.24 bits per heavy atom. The summed E-state index contributed by atoms with van der Waals surface area (Å²) in [6, 6.07) is 8.94. The van der Waals surface area contributed by atoms with Crippen molar-refractivity contribution in [1.29, 1.82) is 0 Å². The SMILES string of the molecule is Cn1c(CO)nnc1C1CCN(C(=O)[C@H]2OCC(=O)N[C@@H]2c2ccccc2)CC1. The number of nitrogens with zero attached hydrogens (tertiary/aromatic N) is 4. The summed E-state index contributed by atoms with van der Waals surface area (Å²) >= 11 is 0. The second-order valence-corrected chi connectivity index (χ2v) is 7.48. The van der Waals surface area contributed by atoms with Gasteiger partial charge < -0.3 is 24.6 Å². The first-order valence-corrected chi connectivity index (χ1v) is 9.82. The van der Waals surface area contributed by atoms with Crippen LogP contribution in [-0.2, 0) is 28.0 Å². The van der Waals surface area contributed by atoms with Gasteiger partial charge in [0.15, 0.2) is 11.9 Å². The second kappa shape index (κ2) is 8.30. The Bertz CT molecular complexity index is 876. The first kappa shape index (κ1) is 19.5. The Balaban J connectivity index is 1.44. The van der Waals surface area contributed by atoms with E-state index in [-0.39, 0.29) is 30.9 Å². The number of hydrogen-bond acceptors (Lipinski definition) is 6. The molecule has 0 spiro atoms. The molecular formula is C20H25N5O4. The molecule has 3 heterocycles. The smallest absolute Gasteiger partial charge is 0.254 e. The second-order valence-electron chi connectivity index (χ2n) is 7.48. The van der Waals surface area contributed by atoms with Gasteiger partial charge in [0, 0.05) is 26.1 Å². The first-order chi connectivity index (χ1) is 14.1. The normalized spacial score (nSPS) is 23.1. The summed E-state index contributed by atoms with van der Waals surface area (Å²) in [5.41, 5.74) is 0.851. The lowest BCUT2D eigenvalue weighted by molar-refractivity contribution is -0.156. The number of hydrogen-bond donors (Lipinski definition) is 2. The standard InChI is InChI=1S/C20H25N5O4/c1-24-15(11-26)22-23-19(24)14-7-9-25(10-8-14)20(28)18-17(21-16(27)12-29-18)13-5-3-2-4-6-13/h2-6,14,17-18,26H,7-12H2,1H3,(H,21,27)/t17-,18+/m1/s1. The van der Waals surface area contributed by atoms with Crippen LogP contribution in [0.2, 0.25) is 0 Å². The van der Waals surface area contributed by atoms with Gasteiger partial charge in [0.1, 0.15) is 19.0 Å². The summed E-state index contributed by atoms with van der Waals surface area (Å²) in [6.45, 7) is 0.909. The fourth-order valence-electron chi connectivity index (χ4n) is 4.09. The number of benzene rings is 1. The molecule has 0 unspecified atom stereocenters. The van der Waals surface area contributed by atoms with Crippen molar-refractivity contribution in [3.05, 3.63) is 47.5 Å². The number of ether oxygens (including phenoxy) is 1. The van der Waals surface area contributed by atoms with Crippen LogP contribution in [0.5, 0.6) is 0 Å². The van der Waals surface area contributed by atoms with E-state index in [1.54, 1.807) is 4.90 Å². The van der Waals surface area contributed by atoms with Crippen LogP contribution < -0.4 is 5.32 Å². The van der Waals surface area contributed by atoms with Crippen molar-refractivity contribution in [3.8, 4) is 0 Å². The summed E-state index contributed by atoms with van der Waals surface area (Å²) in [7, 11) is 1.85. The van der Waals surface area contributed by atoms with Gasteiger partial charge in [0.2, 0.25) is 5.91 Å². The van der Waals surface area contributed by atoms with Crippen LogP contribution in [-0.4, -0.2) is 62.4 Å². The fourth-order valence-corrected chi connectivity index (χ4v) is 4.09. The van der Waals surface area contributed by atoms with Crippen molar-refractivity contribution < 1.29 is 19.4 Å². The number of aliphatic hydroxyl groups is 1. The van der Waals surface area contributed by atoms with Crippen molar-refractivity contribution in [2.75, 3.05) is 19.7 Å². The molecule has 2 fully saturated rings. The van der Waals surface area contributed by atoms with Gasteiger partial charge in [-0.15, -0.1) is 10.2 Å². The van der Waals surface area contributed by atoms with Gasteiger partial charge in [0.25, 0.3) is 5.91 Å². The summed E-state index contributed by atoms with van der Waals surface area (Å²) in [5.74, 6) is 1.24. The van der Waals surface area contributed by atoms with Crippen LogP contribution in [0.4, 0.5) is 0 Å². The zero-order valence-corrected chi connectivity index (χ0v) is 16.3. The number of carbonyl (C=O) groups excluding carboxylic acids is 2. The van der Waals surface area contributed by atoms with E-state index in [0.717, 1.165) is 24.2 Å². The minimum atomic E-state index is -0.734. The van der Waals surface area contributed by atoms with Crippen LogP contribution in [0, 0.1) is 0 Å². The molecule has 154 valence electrons. The Morgan fingerprint density at radius 3 is 2.62 bits per heavy atom. The average Bonchev–Trinajstić information content (AvgIpc) is 3.14. The maximum Gasteiger partial charge on any atom is 0.254 e. The molecule has 2 saturated heterocycles. The van der Waals surface area contributed by atoms with Crippen LogP contribution in [0.3, 0.4) is 0 Å². The molecule has 2 aromatic rings. The maximum absolute atomic E-state index is 13.2. The van der Waals surface area contributed by atoms with Crippen molar-refractivity contribution in [1.82, 2.24) is 25.0 Å². The first-order valence-electron chi connectivity index (χ1n) is 9.82. The molecule has 9 nitrogen and oxygen atoms in total. The number of nitrogens with one attached hydrogen (secondary N) is 1. The van der Waals surface area contributed by atoms with E-state index in [2.05, 4.69) is 15.5 Å². The molecule has 2 N–H and O–H groups in total. The van der Waals surface area contributed by atoms with Crippen molar-refractivity contribution in [2.45, 2.75) is 37.5 Å². The predicted molar refractivity (Wildman–Crippen MR) is 103 cm³/mol. The van der Waals surface area contributed by atoms with E-state index >= 15 is 0 Å². The molecule has 0 radical (unpaired) electrons. The van der Waals surface area contributed by atoms with Crippen LogP contribution in [0.25, 0.3) is 0 Å². The third-order valence-corrected chi connectivity index (χ3v) is 5.73. The molecule has 4 rings (SSSR count). The molecule has 2 amide bonds. The van der Waals surface area contributed by atoms with Gasteiger partial charge in [-0.2, -0.15) is 0 Å². The Kier molecular flexibility index (Phi) is 5.59. The van der Waals surface area contributed by atoms with E-state index < -0.39 is 12.1 Å². The summed E-state index contributed by atoms with van der Waals surface area (Å²) in [5, 5.41) is 20.4. The van der Waals surface area contributed by atoms with Gasteiger partial charge in [0.05, 0.1) is 6.04 Å².